The topological polar surface area (TPSA) is 78.8 Å². The summed E-state index contributed by atoms with van der Waals surface area (Å²) in [4.78, 5) is 19.2. The first-order valence-electron chi connectivity index (χ1n) is 7.77. The van der Waals surface area contributed by atoms with Crippen LogP contribution >= 0.6 is 39.3 Å². The average Bonchev–Trinajstić information content (AvgIpc) is 2.66. The molecule has 0 spiro atoms. The smallest absolute Gasteiger partial charge is 0.270 e. The van der Waals surface area contributed by atoms with E-state index in [-0.39, 0.29) is 11.3 Å². The van der Waals surface area contributed by atoms with Crippen LogP contribution in [0.15, 0.2) is 56.9 Å². The summed E-state index contributed by atoms with van der Waals surface area (Å²) in [5, 5.41) is 10.3. The van der Waals surface area contributed by atoms with E-state index in [0.29, 0.717) is 28.1 Å². The van der Waals surface area contributed by atoms with Gasteiger partial charge in [0.05, 0.1) is 0 Å². The zero-order valence-electron chi connectivity index (χ0n) is 14.1. The number of nitrogens with zero attached hydrogens (tertiary/aromatic N) is 2. The van der Waals surface area contributed by atoms with Crippen molar-refractivity contribution in [2.24, 2.45) is 0 Å². The van der Waals surface area contributed by atoms with Gasteiger partial charge in [-0.05, 0) is 42.2 Å². The molecule has 0 bridgehead atoms. The summed E-state index contributed by atoms with van der Waals surface area (Å²) in [5.74, 6) is 0.487. The van der Waals surface area contributed by atoms with Crippen molar-refractivity contribution in [3.8, 4) is 23.1 Å². The molecule has 2 aromatic carbocycles. The van der Waals surface area contributed by atoms with Crippen LogP contribution in [-0.2, 0) is 6.61 Å². The summed E-state index contributed by atoms with van der Waals surface area (Å²) in [6.07, 6.45) is 1.79. The van der Waals surface area contributed by atoms with Crippen molar-refractivity contribution >= 4 is 39.3 Å². The molecule has 0 saturated heterocycles. The van der Waals surface area contributed by atoms with Gasteiger partial charge in [0.2, 0.25) is 0 Å². The summed E-state index contributed by atoms with van der Waals surface area (Å²) >= 11 is 10.9. The minimum Gasteiger partial charge on any atom is -0.488 e. The van der Waals surface area contributed by atoms with Gasteiger partial charge in [-0.2, -0.15) is 5.26 Å². The molecule has 0 aliphatic carbocycles. The van der Waals surface area contributed by atoms with Gasteiger partial charge < -0.3 is 9.72 Å². The number of aromatic amines is 1. The van der Waals surface area contributed by atoms with Gasteiger partial charge in [-0.3, -0.25) is 4.79 Å². The number of nitrogens with one attached hydrogen (secondary N) is 1. The van der Waals surface area contributed by atoms with Gasteiger partial charge >= 0.3 is 0 Å². The van der Waals surface area contributed by atoms with E-state index in [2.05, 4.69) is 25.9 Å². The number of hydrogen-bond acceptors (Lipinski definition) is 5. The Morgan fingerprint density at radius 2 is 2.15 bits per heavy atom. The molecule has 0 radical (unpaired) electrons. The van der Waals surface area contributed by atoms with E-state index < -0.39 is 5.56 Å². The van der Waals surface area contributed by atoms with Crippen LogP contribution in [0.25, 0.3) is 11.3 Å². The van der Waals surface area contributed by atoms with Crippen molar-refractivity contribution < 1.29 is 4.74 Å². The highest BCUT2D eigenvalue weighted by molar-refractivity contribution is 9.10. The fourth-order valence-corrected chi connectivity index (χ4v) is 3.44. The van der Waals surface area contributed by atoms with Crippen LogP contribution in [0.4, 0.5) is 0 Å². The molecule has 0 aliphatic rings. The highest BCUT2D eigenvalue weighted by Crippen LogP contribution is 2.33. The Bertz CT molecular complexity index is 1100. The Kier molecular flexibility index (Phi) is 6.22. The van der Waals surface area contributed by atoms with E-state index in [1.54, 1.807) is 24.5 Å². The maximum atomic E-state index is 12.2. The van der Waals surface area contributed by atoms with Crippen LogP contribution in [0, 0.1) is 11.3 Å². The normalized spacial score (nSPS) is 10.4. The monoisotopic (exact) mass is 461 g/mol. The molecule has 0 unspecified atom stereocenters. The van der Waals surface area contributed by atoms with E-state index in [4.69, 9.17) is 16.3 Å². The average molecular weight is 463 g/mol. The maximum Gasteiger partial charge on any atom is 0.270 e. The maximum absolute atomic E-state index is 12.2. The first-order chi connectivity index (χ1) is 13.0. The van der Waals surface area contributed by atoms with Crippen molar-refractivity contribution in [1.82, 2.24) is 9.97 Å². The first kappa shape index (κ1) is 19.5. The van der Waals surface area contributed by atoms with E-state index in [1.807, 2.05) is 30.3 Å². The van der Waals surface area contributed by atoms with Gasteiger partial charge in [-0.15, -0.1) is 0 Å². The Morgan fingerprint density at radius 1 is 1.33 bits per heavy atom. The minimum absolute atomic E-state index is 0.0811. The SMILES string of the molecule is CSc1nc(-c2cc(Cl)ccc2OCc2cccc(Br)c2)c(C#N)c(=O)[nH]1. The number of halogens is 2. The number of nitriles is 1. The molecule has 1 aromatic heterocycles. The summed E-state index contributed by atoms with van der Waals surface area (Å²) in [6.45, 7) is 0.314. The molecule has 0 aliphatic heterocycles. The van der Waals surface area contributed by atoms with Crippen LogP contribution in [-0.4, -0.2) is 16.2 Å². The molecular formula is C19H13BrClN3O2S. The second-order valence-electron chi connectivity index (χ2n) is 5.47. The van der Waals surface area contributed by atoms with E-state index in [1.165, 1.54) is 11.8 Å². The summed E-state index contributed by atoms with van der Waals surface area (Å²) in [5.41, 5.74) is 1.13. The van der Waals surface area contributed by atoms with Crippen LogP contribution < -0.4 is 10.3 Å². The Morgan fingerprint density at radius 3 is 2.85 bits per heavy atom. The number of aromatic nitrogens is 2. The highest BCUT2D eigenvalue weighted by Gasteiger charge is 2.18. The van der Waals surface area contributed by atoms with Crippen LogP contribution in [0.1, 0.15) is 11.1 Å². The summed E-state index contributed by atoms with van der Waals surface area (Å²) in [6, 6.07) is 14.7. The van der Waals surface area contributed by atoms with Gasteiger partial charge in [-0.1, -0.05) is 51.4 Å². The third-order valence-electron chi connectivity index (χ3n) is 3.68. The van der Waals surface area contributed by atoms with Crippen molar-refractivity contribution in [2.45, 2.75) is 11.8 Å². The zero-order chi connectivity index (χ0) is 19.4. The number of H-pyrrole nitrogens is 1. The number of benzene rings is 2. The molecule has 1 N–H and O–H groups in total. The minimum atomic E-state index is -0.496. The molecular weight excluding hydrogens is 450 g/mol. The molecule has 3 rings (SSSR count). The Balaban J connectivity index is 2.06. The molecule has 1 heterocycles. The molecule has 0 atom stereocenters. The second kappa shape index (κ2) is 8.61. The number of hydrogen-bond donors (Lipinski definition) is 1. The predicted molar refractivity (Wildman–Crippen MR) is 110 cm³/mol. The standard InChI is InChI=1S/C19H13BrClN3O2S/c1-27-19-23-17(15(9-22)18(25)24-19)14-8-13(21)5-6-16(14)26-10-11-3-2-4-12(20)7-11/h2-8H,10H2,1H3,(H,23,24,25). The molecule has 0 amide bonds. The van der Waals surface area contributed by atoms with Crippen LogP contribution in [0.2, 0.25) is 5.02 Å². The van der Waals surface area contributed by atoms with E-state index in [0.717, 1.165) is 10.0 Å². The Labute approximate surface area is 173 Å². The van der Waals surface area contributed by atoms with Crippen molar-refractivity contribution in [3.63, 3.8) is 0 Å². The molecule has 8 heteroatoms. The van der Waals surface area contributed by atoms with E-state index >= 15 is 0 Å². The molecule has 0 fully saturated rings. The predicted octanol–water partition coefficient (Wildman–Crippen LogP) is 5.03. The quantitative estimate of drug-likeness (QED) is 0.425. The molecule has 5 nitrogen and oxygen atoms in total. The lowest BCUT2D eigenvalue weighted by Crippen LogP contribution is -2.15. The Hall–Kier alpha value is -2.27. The lowest BCUT2D eigenvalue weighted by atomic mass is 10.1. The fraction of sp³-hybridized carbons (Fsp3) is 0.105. The second-order valence-corrected chi connectivity index (χ2v) is 7.62. The lowest BCUT2D eigenvalue weighted by Gasteiger charge is -2.13. The third kappa shape index (κ3) is 4.53. The van der Waals surface area contributed by atoms with Crippen LogP contribution in [0.3, 0.4) is 0 Å². The third-order valence-corrected chi connectivity index (χ3v) is 4.99. The van der Waals surface area contributed by atoms with Crippen molar-refractivity contribution in [3.05, 3.63) is 73.4 Å². The largest absolute Gasteiger partial charge is 0.488 e. The number of thioether (sulfide) groups is 1. The molecule has 136 valence electrons. The summed E-state index contributed by atoms with van der Waals surface area (Å²) in [7, 11) is 0. The molecule has 0 saturated carbocycles. The van der Waals surface area contributed by atoms with Gasteiger partial charge in [0.15, 0.2) is 5.16 Å². The van der Waals surface area contributed by atoms with Gasteiger partial charge in [0, 0.05) is 15.1 Å². The van der Waals surface area contributed by atoms with Gasteiger partial charge in [0.1, 0.15) is 29.7 Å². The highest BCUT2D eigenvalue weighted by atomic mass is 79.9. The molecule has 3 aromatic rings. The molecule has 27 heavy (non-hydrogen) atoms. The van der Waals surface area contributed by atoms with Crippen molar-refractivity contribution in [2.75, 3.05) is 6.26 Å². The van der Waals surface area contributed by atoms with Gasteiger partial charge in [0.25, 0.3) is 5.56 Å². The summed E-state index contributed by atoms with van der Waals surface area (Å²) < 4.78 is 6.90. The lowest BCUT2D eigenvalue weighted by molar-refractivity contribution is 0.307. The zero-order valence-corrected chi connectivity index (χ0v) is 17.3. The van der Waals surface area contributed by atoms with Crippen molar-refractivity contribution in [1.29, 1.82) is 5.26 Å². The fourth-order valence-electron chi connectivity index (χ4n) is 2.45. The van der Waals surface area contributed by atoms with E-state index in [9.17, 15) is 10.1 Å². The first-order valence-corrected chi connectivity index (χ1v) is 10.2. The van der Waals surface area contributed by atoms with Crippen LogP contribution in [0.5, 0.6) is 5.75 Å². The number of rotatable bonds is 5. The van der Waals surface area contributed by atoms with Gasteiger partial charge in [-0.25, -0.2) is 4.98 Å². The number of ether oxygens (including phenoxy) is 1.